The summed E-state index contributed by atoms with van der Waals surface area (Å²) in [5.74, 6) is -3.74. The van der Waals surface area contributed by atoms with Crippen LogP contribution in [0.4, 0.5) is 0 Å². The molecule has 0 aromatic heterocycles. The molecule has 1 fully saturated rings. The van der Waals surface area contributed by atoms with Gasteiger partial charge in [-0.15, -0.1) is 0 Å². The molecule has 0 bridgehead atoms. The van der Waals surface area contributed by atoms with E-state index >= 15 is 0 Å². The molecule has 1 saturated heterocycles. The Morgan fingerprint density at radius 1 is 0.969 bits per heavy atom. The third kappa shape index (κ3) is 5.69. The fourth-order valence-corrected chi connectivity index (χ4v) is 3.06. The number of esters is 1. The molecule has 2 aromatic rings. The smallest absolute Gasteiger partial charge is 0.311 e. The van der Waals surface area contributed by atoms with Gasteiger partial charge in [-0.2, -0.15) is 0 Å². The number of carbonyl (C=O) groups excluding carboxylic acids is 5. The van der Waals surface area contributed by atoms with Crippen molar-refractivity contribution in [2.45, 2.75) is 13.3 Å². The van der Waals surface area contributed by atoms with Crippen molar-refractivity contribution in [2.24, 2.45) is 5.92 Å². The molecule has 3 N–H and O–H groups in total. The van der Waals surface area contributed by atoms with E-state index in [4.69, 9.17) is 4.74 Å². The molecule has 2 aromatic carbocycles. The molecule has 0 spiro atoms. The Morgan fingerprint density at radius 3 is 2.38 bits per heavy atom. The van der Waals surface area contributed by atoms with Gasteiger partial charge in [-0.1, -0.05) is 36.4 Å². The molecule has 1 heterocycles. The summed E-state index contributed by atoms with van der Waals surface area (Å²) in [7, 11) is 0. The van der Waals surface area contributed by atoms with Crippen LogP contribution in [0.1, 0.15) is 32.7 Å². The van der Waals surface area contributed by atoms with E-state index in [1.165, 1.54) is 0 Å². The Balaban J connectivity index is 1.43. The molecule has 1 aliphatic heterocycles. The van der Waals surface area contributed by atoms with Crippen LogP contribution in [0.15, 0.2) is 54.6 Å². The fourth-order valence-electron chi connectivity index (χ4n) is 3.06. The SMILES string of the molecule is Cc1ccccc1C(=O)NN1C[C@@H](C(=O)OCC(=O)NNC(=O)c2ccccc2)CC1=O. The number of hydrazine groups is 2. The second kappa shape index (κ2) is 10.2. The van der Waals surface area contributed by atoms with Crippen molar-refractivity contribution in [1.82, 2.24) is 21.3 Å². The number of ether oxygens (including phenoxy) is 1. The number of hydrogen-bond donors (Lipinski definition) is 3. The highest BCUT2D eigenvalue weighted by atomic mass is 16.5. The number of amides is 4. The summed E-state index contributed by atoms with van der Waals surface area (Å²) in [5, 5.41) is 1.07. The van der Waals surface area contributed by atoms with Crippen molar-refractivity contribution in [2.75, 3.05) is 13.2 Å². The van der Waals surface area contributed by atoms with Crippen LogP contribution in [0.25, 0.3) is 0 Å². The summed E-state index contributed by atoms with van der Waals surface area (Å²) >= 11 is 0. The maximum Gasteiger partial charge on any atom is 0.311 e. The first kappa shape index (κ1) is 22.5. The van der Waals surface area contributed by atoms with Gasteiger partial charge in [0.2, 0.25) is 5.91 Å². The zero-order valence-corrected chi connectivity index (χ0v) is 17.3. The number of benzene rings is 2. The number of rotatable bonds is 6. The van der Waals surface area contributed by atoms with Crippen LogP contribution in [0.5, 0.6) is 0 Å². The van der Waals surface area contributed by atoms with Crippen LogP contribution in [-0.4, -0.2) is 47.8 Å². The molecular formula is C22H22N4O6. The highest BCUT2D eigenvalue weighted by Crippen LogP contribution is 2.18. The van der Waals surface area contributed by atoms with Gasteiger partial charge >= 0.3 is 5.97 Å². The Hall–Kier alpha value is -4.21. The zero-order valence-electron chi connectivity index (χ0n) is 17.3. The molecule has 0 aliphatic carbocycles. The van der Waals surface area contributed by atoms with Crippen molar-refractivity contribution in [1.29, 1.82) is 0 Å². The molecule has 1 aliphatic rings. The Morgan fingerprint density at radius 2 is 1.66 bits per heavy atom. The van der Waals surface area contributed by atoms with Crippen LogP contribution < -0.4 is 16.3 Å². The van der Waals surface area contributed by atoms with Gasteiger partial charge in [-0.3, -0.25) is 45.3 Å². The monoisotopic (exact) mass is 438 g/mol. The molecule has 32 heavy (non-hydrogen) atoms. The quantitative estimate of drug-likeness (QED) is 0.444. The summed E-state index contributed by atoms with van der Waals surface area (Å²) in [4.78, 5) is 60.5. The molecule has 1 atom stereocenters. The third-order valence-corrected chi connectivity index (χ3v) is 4.78. The van der Waals surface area contributed by atoms with E-state index in [2.05, 4.69) is 16.3 Å². The van der Waals surface area contributed by atoms with E-state index in [1.54, 1.807) is 61.5 Å². The molecule has 166 valence electrons. The standard InChI is InChI=1S/C22H22N4O6/c1-14-7-5-6-10-17(14)21(30)25-26-12-16(11-19(26)28)22(31)32-13-18(27)23-24-20(29)15-8-3-2-4-9-15/h2-10,16H,11-13H2,1H3,(H,23,27)(H,24,29)(H,25,30)/t16-/m0/s1. The van der Waals surface area contributed by atoms with E-state index in [0.29, 0.717) is 11.1 Å². The molecular weight excluding hydrogens is 416 g/mol. The Kier molecular flexibility index (Phi) is 7.17. The lowest BCUT2D eigenvalue weighted by atomic mass is 10.1. The molecule has 0 saturated carbocycles. The second-order valence-electron chi connectivity index (χ2n) is 7.14. The number of carbonyl (C=O) groups is 5. The topological polar surface area (TPSA) is 134 Å². The van der Waals surface area contributed by atoms with E-state index in [0.717, 1.165) is 10.6 Å². The maximum atomic E-state index is 12.4. The van der Waals surface area contributed by atoms with Gasteiger partial charge in [-0.05, 0) is 30.7 Å². The molecule has 4 amide bonds. The van der Waals surface area contributed by atoms with Crippen LogP contribution in [0.2, 0.25) is 0 Å². The average Bonchev–Trinajstić information content (AvgIpc) is 3.16. The van der Waals surface area contributed by atoms with Crippen molar-refractivity contribution in [3.8, 4) is 0 Å². The Bertz CT molecular complexity index is 1040. The minimum atomic E-state index is -0.827. The van der Waals surface area contributed by atoms with Gasteiger partial charge in [0.1, 0.15) is 0 Å². The first-order chi connectivity index (χ1) is 15.3. The van der Waals surface area contributed by atoms with E-state index in [-0.39, 0.29) is 13.0 Å². The number of nitrogens with zero attached hydrogens (tertiary/aromatic N) is 1. The van der Waals surface area contributed by atoms with Crippen molar-refractivity contribution >= 4 is 29.6 Å². The lowest BCUT2D eigenvalue weighted by Gasteiger charge is -2.18. The number of aryl methyl sites for hydroxylation is 1. The normalized spacial score (nSPS) is 15.1. The van der Waals surface area contributed by atoms with Crippen LogP contribution in [0, 0.1) is 12.8 Å². The molecule has 3 rings (SSSR count). The zero-order chi connectivity index (χ0) is 23.1. The summed E-state index contributed by atoms with van der Waals surface area (Å²) in [6, 6.07) is 15.1. The molecule has 10 nitrogen and oxygen atoms in total. The molecule has 10 heteroatoms. The van der Waals surface area contributed by atoms with Gasteiger partial charge in [0.15, 0.2) is 6.61 Å². The predicted molar refractivity (Wildman–Crippen MR) is 111 cm³/mol. The number of nitrogens with one attached hydrogen (secondary N) is 3. The maximum absolute atomic E-state index is 12.4. The molecule has 0 radical (unpaired) electrons. The molecule has 0 unspecified atom stereocenters. The van der Waals surface area contributed by atoms with Crippen molar-refractivity contribution in [3.63, 3.8) is 0 Å². The fraction of sp³-hybridized carbons (Fsp3) is 0.227. The first-order valence-corrected chi connectivity index (χ1v) is 9.83. The summed E-state index contributed by atoms with van der Waals surface area (Å²) in [6.07, 6.45) is -0.154. The first-order valence-electron chi connectivity index (χ1n) is 9.83. The van der Waals surface area contributed by atoms with E-state index in [9.17, 15) is 24.0 Å². The van der Waals surface area contributed by atoms with Gasteiger partial charge in [0, 0.05) is 17.5 Å². The van der Waals surface area contributed by atoms with Gasteiger partial charge in [0.25, 0.3) is 17.7 Å². The number of hydrogen-bond acceptors (Lipinski definition) is 6. The van der Waals surface area contributed by atoms with E-state index in [1.807, 2.05) is 0 Å². The Labute approximate surface area is 183 Å². The van der Waals surface area contributed by atoms with Gasteiger partial charge < -0.3 is 4.74 Å². The highest BCUT2D eigenvalue weighted by Gasteiger charge is 2.36. The van der Waals surface area contributed by atoms with Gasteiger partial charge in [-0.25, -0.2) is 0 Å². The summed E-state index contributed by atoms with van der Waals surface area (Å²) in [6.45, 7) is 1.07. The van der Waals surface area contributed by atoms with Crippen molar-refractivity contribution < 1.29 is 28.7 Å². The van der Waals surface area contributed by atoms with E-state index < -0.39 is 42.1 Å². The van der Waals surface area contributed by atoms with Crippen molar-refractivity contribution in [3.05, 3.63) is 71.3 Å². The second-order valence-corrected chi connectivity index (χ2v) is 7.14. The minimum Gasteiger partial charge on any atom is -0.455 e. The highest BCUT2D eigenvalue weighted by molar-refractivity contribution is 5.98. The van der Waals surface area contributed by atoms with Crippen LogP contribution in [-0.2, 0) is 19.1 Å². The predicted octanol–water partition coefficient (Wildman–Crippen LogP) is 0.493. The van der Waals surface area contributed by atoms with Gasteiger partial charge in [0.05, 0.1) is 12.5 Å². The minimum absolute atomic E-state index is 0.0678. The van der Waals surface area contributed by atoms with Crippen LogP contribution in [0.3, 0.4) is 0 Å². The average molecular weight is 438 g/mol. The summed E-state index contributed by atoms with van der Waals surface area (Å²) in [5.41, 5.74) is 8.36. The summed E-state index contributed by atoms with van der Waals surface area (Å²) < 4.78 is 4.94. The lowest BCUT2D eigenvalue weighted by Crippen LogP contribution is -2.44. The third-order valence-electron chi connectivity index (χ3n) is 4.78. The lowest BCUT2D eigenvalue weighted by molar-refractivity contribution is -0.152. The largest absolute Gasteiger partial charge is 0.455 e. The van der Waals surface area contributed by atoms with Crippen LogP contribution >= 0.6 is 0 Å².